The summed E-state index contributed by atoms with van der Waals surface area (Å²) in [7, 11) is 0. The smallest absolute Gasteiger partial charge is 0.270 e. The van der Waals surface area contributed by atoms with E-state index in [-0.39, 0.29) is 5.91 Å². The third-order valence-corrected chi connectivity index (χ3v) is 4.62. The largest absolute Gasteiger partial charge is 0.350 e. The third-order valence-electron chi connectivity index (χ3n) is 3.05. The van der Waals surface area contributed by atoms with Gasteiger partial charge in [0.1, 0.15) is 10.7 Å². The minimum atomic E-state index is -0.108. The van der Waals surface area contributed by atoms with Gasteiger partial charge >= 0.3 is 0 Å². The van der Waals surface area contributed by atoms with Crippen LogP contribution < -0.4 is 5.32 Å². The molecular formula is C16H14N2OS2. The molecular weight excluding hydrogens is 300 g/mol. The van der Waals surface area contributed by atoms with Gasteiger partial charge in [-0.3, -0.25) is 4.79 Å². The normalized spacial score (nSPS) is 10.5. The number of benzene rings is 1. The van der Waals surface area contributed by atoms with Gasteiger partial charge in [-0.15, -0.1) is 11.3 Å². The van der Waals surface area contributed by atoms with Crippen molar-refractivity contribution in [2.45, 2.75) is 6.42 Å². The molecule has 0 aliphatic carbocycles. The lowest BCUT2D eigenvalue weighted by Crippen LogP contribution is -2.25. The number of hydrogen-bond acceptors (Lipinski definition) is 4. The molecule has 3 rings (SSSR count). The molecule has 1 aromatic carbocycles. The summed E-state index contributed by atoms with van der Waals surface area (Å²) in [4.78, 5) is 16.4. The first kappa shape index (κ1) is 14.0. The number of thiazole rings is 1. The van der Waals surface area contributed by atoms with Crippen LogP contribution in [0.5, 0.6) is 0 Å². The summed E-state index contributed by atoms with van der Waals surface area (Å²) < 4.78 is 0. The number of nitrogens with zero attached hydrogens (tertiary/aromatic N) is 1. The van der Waals surface area contributed by atoms with Crippen LogP contribution in [0, 0.1) is 0 Å². The minimum Gasteiger partial charge on any atom is -0.350 e. The lowest BCUT2D eigenvalue weighted by molar-refractivity contribution is 0.0950. The highest BCUT2D eigenvalue weighted by molar-refractivity contribution is 7.14. The van der Waals surface area contributed by atoms with Gasteiger partial charge in [0, 0.05) is 22.9 Å². The predicted octanol–water partition coefficient (Wildman–Crippen LogP) is 3.84. The first-order chi connectivity index (χ1) is 10.3. The summed E-state index contributed by atoms with van der Waals surface area (Å²) in [5.41, 5.74) is 2.79. The summed E-state index contributed by atoms with van der Waals surface area (Å²) >= 11 is 3.13. The molecule has 21 heavy (non-hydrogen) atoms. The maximum absolute atomic E-state index is 12.1. The number of rotatable bonds is 5. The number of carbonyl (C=O) groups excluding carboxylic acids is 1. The number of thiophene rings is 1. The lowest BCUT2D eigenvalue weighted by Gasteiger charge is -2.03. The highest BCUT2D eigenvalue weighted by Gasteiger charge is 2.11. The van der Waals surface area contributed by atoms with Crippen LogP contribution >= 0.6 is 22.7 Å². The van der Waals surface area contributed by atoms with Crippen LogP contribution in [0.2, 0.25) is 0 Å². The lowest BCUT2D eigenvalue weighted by atomic mass is 10.1. The highest BCUT2D eigenvalue weighted by Crippen LogP contribution is 2.25. The highest BCUT2D eigenvalue weighted by atomic mass is 32.1. The van der Waals surface area contributed by atoms with Gasteiger partial charge in [-0.1, -0.05) is 30.3 Å². The van der Waals surface area contributed by atoms with Crippen molar-refractivity contribution in [3.05, 3.63) is 63.8 Å². The van der Waals surface area contributed by atoms with Gasteiger partial charge in [-0.2, -0.15) is 11.3 Å². The molecule has 0 fully saturated rings. The molecule has 0 atom stereocenters. The number of aromatic nitrogens is 1. The van der Waals surface area contributed by atoms with Crippen molar-refractivity contribution in [3.63, 3.8) is 0 Å². The Kier molecular flexibility index (Phi) is 4.43. The zero-order chi connectivity index (χ0) is 14.5. The van der Waals surface area contributed by atoms with Crippen LogP contribution in [0.1, 0.15) is 16.1 Å². The van der Waals surface area contributed by atoms with E-state index in [4.69, 9.17) is 0 Å². The van der Waals surface area contributed by atoms with Crippen molar-refractivity contribution in [1.82, 2.24) is 10.3 Å². The van der Waals surface area contributed by atoms with Crippen LogP contribution in [0.4, 0.5) is 0 Å². The van der Waals surface area contributed by atoms with Crippen LogP contribution in [-0.2, 0) is 6.42 Å². The first-order valence-electron chi connectivity index (χ1n) is 6.63. The molecule has 5 heteroatoms. The maximum Gasteiger partial charge on any atom is 0.270 e. The molecule has 0 saturated heterocycles. The van der Waals surface area contributed by atoms with Crippen LogP contribution in [0.3, 0.4) is 0 Å². The average molecular weight is 314 g/mol. The van der Waals surface area contributed by atoms with E-state index in [1.54, 1.807) is 11.3 Å². The minimum absolute atomic E-state index is 0.108. The van der Waals surface area contributed by atoms with Gasteiger partial charge < -0.3 is 5.32 Å². The van der Waals surface area contributed by atoms with Crippen molar-refractivity contribution in [2.24, 2.45) is 0 Å². The molecule has 2 heterocycles. The summed E-state index contributed by atoms with van der Waals surface area (Å²) in [5.74, 6) is -0.108. The molecule has 3 aromatic rings. The molecule has 1 N–H and O–H groups in total. The van der Waals surface area contributed by atoms with E-state index in [2.05, 4.69) is 22.4 Å². The van der Waals surface area contributed by atoms with E-state index in [1.165, 1.54) is 16.9 Å². The molecule has 0 radical (unpaired) electrons. The van der Waals surface area contributed by atoms with Gasteiger partial charge in [0.2, 0.25) is 0 Å². The van der Waals surface area contributed by atoms with Crippen molar-refractivity contribution < 1.29 is 4.79 Å². The first-order valence-corrected chi connectivity index (χ1v) is 8.45. The Bertz CT molecular complexity index is 705. The number of hydrogen-bond donors (Lipinski definition) is 1. The number of amides is 1. The number of carbonyl (C=O) groups is 1. The molecule has 2 aromatic heterocycles. The molecule has 0 saturated carbocycles. The van der Waals surface area contributed by atoms with Gasteiger partial charge in [-0.05, 0) is 23.4 Å². The molecule has 0 bridgehead atoms. The van der Waals surface area contributed by atoms with Crippen LogP contribution in [0.15, 0.2) is 52.5 Å². The SMILES string of the molecule is O=C(NCCc1ccccc1)c1csc(-c2ccsc2)n1. The Morgan fingerprint density at radius 3 is 2.76 bits per heavy atom. The van der Waals surface area contributed by atoms with Gasteiger partial charge in [0.15, 0.2) is 0 Å². The fourth-order valence-electron chi connectivity index (χ4n) is 1.95. The van der Waals surface area contributed by atoms with Crippen molar-refractivity contribution in [1.29, 1.82) is 0 Å². The second kappa shape index (κ2) is 6.65. The summed E-state index contributed by atoms with van der Waals surface area (Å²) in [6.07, 6.45) is 0.827. The Balaban J connectivity index is 1.56. The van der Waals surface area contributed by atoms with E-state index in [9.17, 15) is 4.79 Å². The summed E-state index contributed by atoms with van der Waals surface area (Å²) in [5, 5.41) is 9.67. The summed E-state index contributed by atoms with van der Waals surface area (Å²) in [6.45, 7) is 0.619. The van der Waals surface area contributed by atoms with E-state index >= 15 is 0 Å². The molecule has 0 spiro atoms. The van der Waals surface area contributed by atoms with Gasteiger partial charge in [-0.25, -0.2) is 4.98 Å². The maximum atomic E-state index is 12.1. The van der Waals surface area contributed by atoms with E-state index < -0.39 is 0 Å². The molecule has 0 unspecified atom stereocenters. The van der Waals surface area contributed by atoms with Crippen LogP contribution in [0.25, 0.3) is 10.6 Å². The van der Waals surface area contributed by atoms with E-state index in [0.29, 0.717) is 12.2 Å². The third kappa shape index (κ3) is 3.56. The quantitative estimate of drug-likeness (QED) is 0.777. The molecule has 0 aliphatic heterocycles. The Hall–Kier alpha value is -1.98. The van der Waals surface area contributed by atoms with E-state index in [1.807, 2.05) is 40.4 Å². The van der Waals surface area contributed by atoms with Gasteiger partial charge in [0.25, 0.3) is 5.91 Å². The van der Waals surface area contributed by atoms with Crippen molar-refractivity contribution in [3.8, 4) is 10.6 Å². The standard InChI is InChI=1S/C16H14N2OS2/c19-15(17-8-6-12-4-2-1-3-5-12)14-11-21-16(18-14)13-7-9-20-10-13/h1-5,7,9-11H,6,8H2,(H,17,19). The zero-order valence-electron chi connectivity index (χ0n) is 11.3. The molecule has 1 amide bonds. The second-order valence-corrected chi connectivity index (χ2v) is 6.18. The predicted molar refractivity (Wildman–Crippen MR) is 87.9 cm³/mol. The Morgan fingerprint density at radius 1 is 1.14 bits per heavy atom. The average Bonchev–Trinajstić information content (AvgIpc) is 3.19. The topological polar surface area (TPSA) is 42.0 Å². The van der Waals surface area contributed by atoms with Crippen molar-refractivity contribution in [2.75, 3.05) is 6.54 Å². The fourth-order valence-corrected chi connectivity index (χ4v) is 3.46. The Morgan fingerprint density at radius 2 is 2.00 bits per heavy atom. The van der Waals surface area contributed by atoms with E-state index in [0.717, 1.165) is 17.0 Å². The molecule has 3 nitrogen and oxygen atoms in total. The molecule has 0 aliphatic rings. The summed E-state index contributed by atoms with van der Waals surface area (Å²) in [6, 6.07) is 12.1. The fraction of sp³-hybridized carbons (Fsp3) is 0.125. The zero-order valence-corrected chi connectivity index (χ0v) is 12.9. The Labute approximate surface area is 131 Å². The van der Waals surface area contributed by atoms with Gasteiger partial charge in [0.05, 0.1) is 0 Å². The monoisotopic (exact) mass is 314 g/mol. The van der Waals surface area contributed by atoms with Crippen LogP contribution in [-0.4, -0.2) is 17.4 Å². The van der Waals surface area contributed by atoms with Crippen molar-refractivity contribution >= 4 is 28.6 Å². The second-order valence-electron chi connectivity index (χ2n) is 4.54. The molecule has 106 valence electrons. The number of nitrogens with one attached hydrogen (secondary N) is 1.